The topological polar surface area (TPSA) is 65.1 Å². The smallest absolute Gasteiger partial charge is 0.217 e. The van der Waals surface area contributed by atoms with Crippen LogP contribution >= 0.6 is 0 Å². The van der Waals surface area contributed by atoms with Crippen LogP contribution in [0.2, 0.25) is 0 Å². The third-order valence-corrected chi connectivity index (χ3v) is 8.00. The highest BCUT2D eigenvalue weighted by molar-refractivity contribution is 7.89. The Bertz CT molecular complexity index is 876. The van der Waals surface area contributed by atoms with E-state index in [0.717, 1.165) is 22.6 Å². The second-order valence-corrected chi connectivity index (χ2v) is 9.98. The van der Waals surface area contributed by atoms with Crippen LogP contribution < -0.4 is 9.47 Å². The zero-order valence-corrected chi connectivity index (χ0v) is 20.3. The summed E-state index contributed by atoms with van der Waals surface area (Å²) in [5.74, 6) is 1.38. The summed E-state index contributed by atoms with van der Waals surface area (Å²) in [5.41, 5.74) is 1.79. The number of ether oxygens (including phenoxy) is 3. The van der Waals surface area contributed by atoms with Crippen LogP contribution in [0.25, 0.3) is 0 Å². The minimum Gasteiger partial charge on any atom is -0.497 e. The lowest BCUT2D eigenvalue weighted by molar-refractivity contribution is 0.187. The Balaban J connectivity index is 2.40. The van der Waals surface area contributed by atoms with Gasteiger partial charge in [-0.15, -0.1) is 6.58 Å². The number of rotatable bonds is 14. The zero-order valence-electron chi connectivity index (χ0n) is 19.5. The van der Waals surface area contributed by atoms with E-state index < -0.39 is 15.3 Å². The van der Waals surface area contributed by atoms with Crippen LogP contribution in [0.1, 0.15) is 30.9 Å². The number of nitrogens with zero attached hydrogens (tertiary/aromatic N) is 1. The second kappa shape index (κ2) is 12.6. The maximum atomic E-state index is 13.9. The van der Waals surface area contributed by atoms with E-state index in [1.807, 2.05) is 55.5 Å². The Labute approximate surface area is 192 Å². The van der Waals surface area contributed by atoms with Gasteiger partial charge in [-0.2, -0.15) is 4.31 Å². The Morgan fingerprint density at radius 1 is 0.906 bits per heavy atom. The predicted octanol–water partition coefficient (Wildman–Crippen LogP) is 4.65. The van der Waals surface area contributed by atoms with E-state index in [-0.39, 0.29) is 19.0 Å². The Kier molecular flexibility index (Phi) is 10.2. The molecule has 2 aromatic rings. The molecule has 2 rings (SSSR count). The normalized spacial score (nSPS) is 13.5. The molecule has 0 aromatic heterocycles. The summed E-state index contributed by atoms with van der Waals surface area (Å²) in [6.07, 6.45) is 2.82. The van der Waals surface area contributed by atoms with Gasteiger partial charge in [0.2, 0.25) is 10.0 Å². The average Bonchev–Trinajstić information content (AvgIpc) is 2.80. The maximum absolute atomic E-state index is 13.9. The van der Waals surface area contributed by atoms with E-state index >= 15 is 0 Å². The Hall–Kier alpha value is -2.35. The third-order valence-electron chi connectivity index (χ3n) is 5.56. The average molecular weight is 462 g/mol. The molecule has 0 saturated heterocycles. The summed E-state index contributed by atoms with van der Waals surface area (Å²) in [4.78, 5) is 0. The summed E-state index contributed by atoms with van der Waals surface area (Å²) < 4.78 is 45.0. The van der Waals surface area contributed by atoms with Crippen molar-refractivity contribution in [3.8, 4) is 11.5 Å². The van der Waals surface area contributed by atoms with E-state index in [2.05, 4.69) is 6.58 Å². The first-order valence-electron chi connectivity index (χ1n) is 10.7. The highest BCUT2D eigenvalue weighted by Gasteiger charge is 2.35. The number of hydrogen-bond acceptors (Lipinski definition) is 5. The third kappa shape index (κ3) is 7.08. The lowest BCUT2D eigenvalue weighted by atomic mass is 10.0. The summed E-state index contributed by atoms with van der Waals surface area (Å²) in [6, 6.07) is 15.0. The fraction of sp³-hybridized carbons (Fsp3) is 0.440. The number of allylic oxidation sites excluding steroid dienone is 1. The molecule has 0 radical (unpaired) electrons. The van der Waals surface area contributed by atoms with E-state index in [0.29, 0.717) is 19.4 Å². The molecule has 0 fully saturated rings. The van der Waals surface area contributed by atoms with Crippen molar-refractivity contribution in [2.24, 2.45) is 5.92 Å². The summed E-state index contributed by atoms with van der Waals surface area (Å²) in [5, 5.41) is -0.572. The van der Waals surface area contributed by atoms with Crippen LogP contribution in [-0.4, -0.2) is 45.9 Å². The molecule has 0 unspecified atom stereocenters. The molecule has 2 atom stereocenters. The first-order valence-corrected chi connectivity index (χ1v) is 12.2. The Morgan fingerprint density at radius 3 is 1.75 bits per heavy atom. The van der Waals surface area contributed by atoms with E-state index in [9.17, 15) is 8.42 Å². The van der Waals surface area contributed by atoms with Gasteiger partial charge in [-0.25, -0.2) is 8.42 Å². The van der Waals surface area contributed by atoms with Gasteiger partial charge >= 0.3 is 0 Å². The number of sulfonamides is 1. The molecule has 0 aliphatic rings. The van der Waals surface area contributed by atoms with Crippen LogP contribution in [0.4, 0.5) is 0 Å². The van der Waals surface area contributed by atoms with Gasteiger partial charge in [-0.1, -0.05) is 37.3 Å². The van der Waals surface area contributed by atoms with Gasteiger partial charge in [0.25, 0.3) is 0 Å². The molecule has 2 aromatic carbocycles. The van der Waals surface area contributed by atoms with E-state index in [4.69, 9.17) is 14.2 Å². The zero-order chi connectivity index (χ0) is 23.6. The van der Waals surface area contributed by atoms with Crippen molar-refractivity contribution in [3.63, 3.8) is 0 Å². The lowest BCUT2D eigenvalue weighted by Gasteiger charge is -2.31. The van der Waals surface area contributed by atoms with Gasteiger partial charge in [0.1, 0.15) is 11.5 Å². The molecule has 0 N–H and O–H groups in total. The van der Waals surface area contributed by atoms with Crippen molar-refractivity contribution in [1.29, 1.82) is 0 Å². The second-order valence-electron chi connectivity index (χ2n) is 7.83. The van der Waals surface area contributed by atoms with Crippen molar-refractivity contribution >= 4 is 10.0 Å². The molecule has 176 valence electrons. The Morgan fingerprint density at radius 2 is 1.38 bits per heavy atom. The minimum absolute atomic E-state index is 0.0816. The van der Waals surface area contributed by atoms with E-state index in [1.165, 1.54) is 0 Å². The van der Waals surface area contributed by atoms with Crippen LogP contribution in [-0.2, 0) is 27.8 Å². The van der Waals surface area contributed by atoms with Crippen molar-refractivity contribution in [1.82, 2.24) is 4.31 Å². The van der Waals surface area contributed by atoms with Gasteiger partial charge in [0.05, 0.1) is 19.5 Å². The number of methoxy groups -OCH3 is 3. The largest absolute Gasteiger partial charge is 0.497 e. The van der Waals surface area contributed by atoms with Gasteiger partial charge in [0.15, 0.2) is 0 Å². The van der Waals surface area contributed by atoms with Crippen LogP contribution in [0.3, 0.4) is 0 Å². The van der Waals surface area contributed by atoms with Gasteiger partial charge < -0.3 is 14.2 Å². The molecule has 0 bridgehead atoms. The van der Waals surface area contributed by atoms with Crippen LogP contribution in [0.5, 0.6) is 11.5 Å². The molecule has 6 nitrogen and oxygen atoms in total. The summed E-state index contributed by atoms with van der Waals surface area (Å²) in [7, 11) is 1.17. The minimum atomic E-state index is -3.64. The quantitative estimate of drug-likeness (QED) is 0.383. The molecule has 0 aliphatic carbocycles. The fourth-order valence-electron chi connectivity index (χ4n) is 3.67. The highest BCUT2D eigenvalue weighted by atomic mass is 32.2. The maximum Gasteiger partial charge on any atom is 0.217 e. The molecule has 0 heterocycles. The molecule has 0 aliphatic heterocycles. The van der Waals surface area contributed by atoms with Crippen molar-refractivity contribution in [2.75, 3.05) is 27.9 Å². The number of benzene rings is 2. The lowest BCUT2D eigenvalue weighted by Crippen LogP contribution is -2.41. The van der Waals surface area contributed by atoms with Crippen LogP contribution in [0, 0.1) is 5.92 Å². The molecular formula is C25H35NO5S. The monoisotopic (exact) mass is 461 g/mol. The van der Waals surface area contributed by atoms with E-state index in [1.54, 1.807) is 31.7 Å². The van der Waals surface area contributed by atoms with Crippen molar-refractivity contribution in [2.45, 2.75) is 38.1 Å². The molecular weight excluding hydrogens is 426 g/mol. The highest BCUT2D eigenvalue weighted by Crippen LogP contribution is 2.27. The predicted molar refractivity (Wildman–Crippen MR) is 128 cm³/mol. The standard InChI is InChI=1S/C25H35NO5S/c1-6-7-20(2)25(16-17-29-3)32(27,28)26(18-21-8-12-23(30-4)13-9-21)19-22-10-14-24(31-5)15-11-22/h6,8-15,20,25H,1,7,16-19H2,2-5H3/t20-,25-/m0/s1. The number of hydrogen-bond donors (Lipinski definition) is 0. The first-order chi connectivity index (χ1) is 15.3. The summed E-state index contributed by atoms with van der Waals surface area (Å²) in [6.45, 7) is 6.66. The molecule has 32 heavy (non-hydrogen) atoms. The summed E-state index contributed by atoms with van der Waals surface area (Å²) >= 11 is 0. The molecule has 0 spiro atoms. The van der Waals surface area contributed by atoms with Crippen LogP contribution in [0.15, 0.2) is 61.2 Å². The molecule has 7 heteroatoms. The SMILES string of the molecule is C=CC[C@H](C)[C@H](CCOC)S(=O)(=O)N(Cc1ccc(OC)cc1)Cc1ccc(OC)cc1. The molecule has 0 saturated carbocycles. The van der Waals surface area contributed by atoms with Gasteiger partial charge in [-0.3, -0.25) is 0 Å². The fourth-order valence-corrected chi connectivity index (χ4v) is 5.81. The van der Waals surface area contributed by atoms with Gasteiger partial charge in [-0.05, 0) is 54.2 Å². The van der Waals surface area contributed by atoms with Crippen molar-refractivity contribution < 1.29 is 22.6 Å². The first kappa shape index (κ1) is 25.9. The van der Waals surface area contributed by atoms with Gasteiger partial charge in [0, 0.05) is 26.8 Å². The molecule has 0 amide bonds. The van der Waals surface area contributed by atoms with Crippen molar-refractivity contribution in [3.05, 3.63) is 72.3 Å².